The standard InChI is InChI=1S/C23H30I2O2S2/c1-5-7-9-15-11-17(12-16(21(15)26)10-8-6-2)28-23(3,4)29-18-13-19(24)22(27)20(25)14-18/h11-14,26-27H,5-10H2,1-4H3. The normalized spacial score (nSPS) is 11.8. The van der Waals surface area contributed by atoms with Gasteiger partial charge in [-0.25, -0.2) is 0 Å². The van der Waals surface area contributed by atoms with Crippen LogP contribution < -0.4 is 0 Å². The van der Waals surface area contributed by atoms with E-state index in [1.54, 1.807) is 0 Å². The minimum Gasteiger partial charge on any atom is -0.507 e. The fourth-order valence-electron chi connectivity index (χ4n) is 3.09. The Morgan fingerprint density at radius 1 is 0.759 bits per heavy atom. The van der Waals surface area contributed by atoms with Crippen molar-refractivity contribution in [2.75, 3.05) is 0 Å². The highest BCUT2D eigenvalue weighted by Crippen LogP contribution is 2.47. The van der Waals surface area contributed by atoms with Crippen molar-refractivity contribution in [1.29, 1.82) is 0 Å². The number of aryl methyl sites for hydroxylation is 2. The lowest BCUT2D eigenvalue weighted by Crippen LogP contribution is -2.09. The number of unbranched alkanes of at least 4 members (excludes halogenated alkanes) is 2. The Kier molecular flexibility index (Phi) is 10.3. The molecule has 2 rings (SSSR count). The maximum atomic E-state index is 10.7. The Balaban J connectivity index is 2.27. The van der Waals surface area contributed by atoms with Crippen molar-refractivity contribution in [3.05, 3.63) is 42.5 Å². The first-order valence-corrected chi connectivity index (χ1v) is 13.9. The van der Waals surface area contributed by atoms with Gasteiger partial charge < -0.3 is 10.2 Å². The van der Waals surface area contributed by atoms with Crippen molar-refractivity contribution in [2.24, 2.45) is 0 Å². The smallest absolute Gasteiger partial charge is 0.142 e. The van der Waals surface area contributed by atoms with Gasteiger partial charge in [-0.3, -0.25) is 0 Å². The van der Waals surface area contributed by atoms with Crippen LogP contribution in [0.25, 0.3) is 0 Å². The van der Waals surface area contributed by atoms with E-state index < -0.39 is 0 Å². The van der Waals surface area contributed by atoms with Crippen LogP contribution in [0.5, 0.6) is 11.5 Å². The topological polar surface area (TPSA) is 40.5 Å². The molecular formula is C23H30I2O2S2. The van der Waals surface area contributed by atoms with E-state index >= 15 is 0 Å². The van der Waals surface area contributed by atoms with E-state index in [2.05, 4.69) is 85.0 Å². The van der Waals surface area contributed by atoms with Crippen molar-refractivity contribution in [3.8, 4) is 11.5 Å². The lowest BCUT2D eigenvalue weighted by atomic mass is 10.0. The molecular weight excluding hydrogens is 626 g/mol. The van der Waals surface area contributed by atoms with Gasteiger partial charge in [-0.15, -0.1) is 23.5 Å². The zero-order valence-corrected chi connectivity index (χ0v) is 23.5. The monoisotopic (exact) mass is 656 g/mol. The van der Waals surface area contributed by atoms with Crippen LogP contribution in [0.2, 0.25) is 0 Å². The van der Waals surface area contributed by atoms with Gasteiger partial charge in [0.25, 0.3) is 0 Å². The summed E-state index contributed by atoms with van der Waals surface area (Å²) in [5.41, 5.74) is 2.16. The van der Waals surface area contributed by atoms with Crippen LogP contribution in [0.3, 0.4) is 0 Å². The van der Waals surface area contributed by atoms with Crippen LogP contribution in [-0.2, 0) is 12.8 Å². The average molecular weight is 656 g/mol. The lowest BCUT2D eigenvalue weighted by Gasteiger charge is -2.25. The summed E-state index contributed by atoms with van der Waals surface area (Å²) in [5, 5.41) is 20.8. The van der Waals surface area contributed by atoms with Gasteiger partial charge in [-0.05, 0) is 120 Å². The predicted molar refractivity (Wildman–Crippen MR) is 145 cm³/mol. The predicted octanol–water partition coefficient (Wildman–Crippen LogP) is 8.61. The van der Waals surface area contributed by atoms with Crippen molar-refractivity contribution < 1.29 is 10.2 Å². The molecule has 0 aliphatic heterocycles. The molecule has 0 fully saturated rings. The maximum Gasteiger partial charge on any atom is 0.142 e. The molecule has 0 aliphatic carbocycles. The fourth-order valence-corrected chi connectivity index (χ4v) is 7.92. The second-order valence-corrected chi connectivity index (χ2v) is 13.6. The van der Waals surface area contributed by atoms with Crippen molar-refractivity contribution >= 4 is 68.7 Å². The van der Waals surface area contributed by atoms with Crippen LogP contribution in [0.15, 0.2) is 34.1 Å². The molecule has 0 bridgehead atoms. The van der Waals surface area contributed by atoms with E-state index in [0.717, 1.165) is 61.7 Å². The first-order valence-electron chi connectivity index (χ1n) is 10.1. The summed E-state index contributed by atoms with van der Waals surface area (Å²) in [7, 11) is 0. The van der Waals surface area contributed by atoms with Crippen LogP contribution in [0, 0.1) is 7.14 Å². The molecule has 0 unspecified atom stereocenters. The van der Waals surface area contributed by atoms with E-state index in [-0.39, 0.29) is 4.08 Å². The molecule has 2 aromatic carbocycles. The molecule has 2 aromatic rings. The molecule has 160 valence electrons. The number of hydrogen-bond donors (Lipinski definition) is 2. The highest BCUT2D eigenvalue weighted by atomic mass is 127. The lowest BCUT2D eigenvalue weighted by molar-refractivity contribution is 0.458. The highest BCUT2D eigenvalue weighted by molar-refractivity contribution is 14.1. The van der Waals surface area contributed by atoms with E-state index in [4.69, 9.17) is 0 Å². The van der Waals surface area contributed by atoms with Gasteiger partial charge in [0.2, 0.25) is 0 Å². The molecule has 2 nitrogen and oxygen atoms in total. The number of thioether (sulfide) groups is 2. The third kappa shape index (κ3) is 7.68. The van der Waals surface area contributed by atoms with Gasteiger partial charge >= 0.3 is 0 Å². The second-order valence-electron chi connectivity index (χ2n) is 7.64. The number of phenolic OH excluding ortho intramolecular Hbond substituents is 2. The molecule has 0 saturated carbocycles. The summed E-state index contributed by atoms with van der Waals surface area (Å²) in [5.74, 6) is 0.866. The number of halogens is 2. The molecule has 0 aliphatic rings. The van der Waals surface area contributed by atoms with E-state index in [1.165, 1.54) is 4.90 Å². The molecule has 0 spiro atoms. The summed E-state index contributed by atoms with van der Waals surface area (Å²) < 4.78 is 1.68. The van der Waals surface area contributed by atoms with Crippen LogP contribution >= 0.6 is 68.7 Å². The van der Waals surface area contributed by atoms with Gasteiger partial charge in [0.15, 0.2) is 0 Å². The summed E-state index contributed by atoms with van der Waals surface area (Å²) in [6, 6.07) is 8.44. The quantitative estimate of drug-likeness (QED) is 0.153. The minimum atomic E-state index is -0.0792. The zero-order valence-electron chi connectivity index (χ0n) is 17.5. The first-order chi connectivity index (χ1) is 13.7. The third-order valence-electron chi connectivity index (χ3n) is 4.56. The Hall–Kier alpha value is 0.200. The number of benzene rings is 2. The zero-order chi connectivity index (χ0) is 21.6. The maximum absolute atomic E-state index is 10.7. The Bertz CT molecular complexity index is 786. The van der Waals surface area contributed by atoms with Gasteiger partial charge in [0.05, 0.1) is 11.2 Å². The summed E-state index contributed by atoms with van der Waals surface area (Å²) >= 11 is 8.03. The largest absolute Gasteiger partial charge is 0.507 e. The first kappa shape index (κ1) is 25.5. The van der Waals surface area contributed by atoms with Crippen molar-refractivity contribution in [3.63, 3.8) is 0 Å². The Morgan fingerprint density at radius 3 is 1.59 bits per heavy atom. The molecule has 0 saturated heterocycles. The van der Waals surface area contributed by atoms with E-state index in [9.17, 15) is 10.2 Å². The molecule has 29 heavy (non-hydrogen) atoms. The molecule has 2 N–H and O–H groups in total. The minimum absolute atomic E-state index is 0.0792. The molecule has 0 aromatic heterocycles. The van der Waals surface area contributed by atoms with Gasteiger partial charge in [0.1, 0.15) is 11.5 Å². The number of aromatic hydroxyl groups is 2. The van der Waals surface area contributed by atoms with Crippen molar-refractivity contribution in [2.45, 2.75) is 80.1 Å². The molecule has 6 heteroatoms. The summed E-state index contributed by atoms with van der Waals surface area (Å²) in [4.78, 5) is 2.38. The van der Waals surface area contributed by atoms with Crippen LogP contribution in [0.4, 0.5) is 0 Å². The van der Waals surface area contributed by atoms with E-state index in [0.29, 0.717) is 11.5 Å². The molecule has 0 heterocycles. The summed E-state index contributed by atoms with van der Waals surface area (Å²) in [6.07, 6.45) is 6.30. The van der Waals surface area contributed by atoms with Gasteiger partial charge in [-0.1, -0.05) is 26.7 Å². The fraction of sp³-hybridized carbons (Fsp3) is 0.478. The average Bonchev–Trinajstić information content (AvgIpc) is 2.64. The number of phenols is 2. The Labute approximate surface area is 211 Å². The number of hydrogen-bond acceptors (Lipinski definition) is 4. The molecule has 0 amide bonds. The molecule has 0 radical (unpaired) electrons. The van der Waals surface area contributed by atoms with Crippen LogP contribution in [0.1, 0.15) is 64.5 Å². The second kappa shape index (κ2) is 11.7. The third-order valence-corrected chi connectivity index (χ3v) is 8.63. The number of rotatable bonds is 10. The highest BCUT2D eigenvalue weighted by Gasteiger charge is 2.23. The van der Waals surface area contributed by atoms with Gasteiger partial charge in [0, 0.05) is 9.79 Å². The Morgan fingerprint density at radius 2 is 1.17 bits per heavy atom. The van der Waals surface area contributed by atoms with Gasteiger partial charge in [-0.2, -0.15) is 0 Å². The summed E-state index contributed by atoms with van der Waals surface area (Å²) in [6.45, 7) is 8.85. The SMILES string of the molecule is CCCCc1cc(SC(C)(C)Sc2cc(I)c(O)c(I)c2)cc(CCCC)c1O. The van der Waals surface area contributed by atoms with Crippen molar-refractivity contribution in [1.82, 2.24) is 0 Å². The molecule has 0 atom stereocenters. The van der Waals surface area contributed by atoms with Crippen LogP contribution in [-0.4, -0.2) is 14.3 Å². The van der Waals surface area contributed by atoms with E-state index in [1.807, 2.05) is 35.7 Å².